The molecule has 124 valence electrons. The van der Waals surface area contributed by atoms with Crippen molar-refractivity contribution < 1.29 is 9.36 Å². The fraction of sp³-hybridized carbons (Fsp3) is 0.0435. The monoisotopic (exact) mass is 337 g/mol. The predicted molar refractivity (Wildman–Crippen MR) is 104 cm³/mol. The molecule has 2 heterocycles. The Morgan fingerprint density at radius 3 is 2.42 bits per heavy atom. The Balaban J connectivity index is 1.81. The Hall–Kier alpha value is -3.46. The molecular weight excluding hydrogens is 320 g/mol. The standard InChI is InChI=1S/C23H16N2O/c26-22(16-8-2-1-3-9-16)15-25-21-13-7-4-10-17(21)14-20-23(25)18-11-5-6-12-19(18)24-20/h1-14H,15H2/p+1. The summed E-state index contributed by atoms with van der Waals surface area (Å²) in [5, 5.41) is 2.25. The average Bonchev–Trinajstić information content (AvgIpc) is 3.06. The van der Waals surface area contributed by atoms with Crippen LogP contribution in [-0.2, 0) is 6.54 Å². The first-order valence-electron chi connectivity index (χ1n) is 8.71. The van der Waals surface area contributed by atoms with E-state index in [0.717, 1.165) is 38.4 Å². The van der Waals surface area contributed by atoms with Gasteiger partial charge in [0.15, 0.2) is 0 Å². The number of para-hydroxylation sites is 2. The van der Waals surface area contributed by atoms with E-state index in [9.17, 15) is 4.79 Å². The number of pyridine rings is 1. The Bertz CT molecular complexity index is 1270. The molecule has 3 aromatic carbocycles. The first-order chi connectivity index (χ1) is 12.8. The second kappa shape index (κ2) is 5.81. The number of hydrogen-bond donors (Lipinski definition) is 1. The summed E-state index contributed by atoms with van der Waals surface area (Å²) < 4.78 is 2.14. The smallest absolute Gasteiger partial charge is 0.239 e. The van der Waals surface area contributed by atoms with Crippen molar-refractivity contribution in [3.63, 3.8) is 0 Å². The van der Waals surface area contributed by atoms with Gasteiger partial charge in [-0.2, -0.15) is 4.57 Å². The molecule has 0 aliphatic carbocycles. The van der Waals surface area contributed by atoms with Crippen molar-refractivity contribution in [2.24, 2.45) is 0 Å². The van der Waals surface area contributed by atoms with Crippen LogP contribution in [0.3, 0.4) is 0 Å². The molecule has 0 bridgehead atoms. The summed E-state index contributed by atoms with van der Waals surface area (Å²) in [6.07, 6.45) is 0. The fourth-order valence-electron chi connectivity index (χ4n) is 3.70. The maximum Gasteiger partial charge on any atom is 0.239 e. The third-order valence-electron chi connectivity index (χ3n) is 4.90. The second-order valence-electron chi connectivity index (χ2n) is 6.51. The van der Waals surface area contributed by atoms with E-state index in [1.807, 2.05) is 54.6 Å². The molecule has 0 radical (unpaired) electrons. The molecule has 3 heteroatoms. The van der Waals surface area contributed by atoms with Crippen LogP contribution in [0.2, 0.25) is 0 Å². The number of benzene rings is 3. The number of rotatable bonds is 3. The van der Waals surface area contributed by atoms with Gasteiger partial charge >= 0.3 is 0 Å². The van der Waals surface area contributed by atoms with Gasteiger partial charge in [0, 0.05) is 17.0 Å². The molecule has 0 unspecified atom stereocenters. The highest BCUT2D eigenvalue weighted by atomic mass is 16.1. The third-order valence-corrected chi connectivity index (χ3v) is 4.90. The maximum absolute atomic E-state index is 12.9. The minimum Gasteiger partial charge on any atom is -0.349 e. The van der Waals surface area contributed by atoms with Crippen molar-refractivity contribution in [1.29, 1.82) is 0 Å². The van der Waals surface area contributed by atoms with Crippen molar-refractivity contribution >= 4 is 38.6 Å². The number of nitrogens with zero attached hydrogens (tertiary/aromatic N) is 1. The molecule has 0 saturated carbocycles. The van der Waals surface area contributed by atoms with Crippen molar-refractivity contribution in [2.45, 2.75) is 6.54 Å². The lowest BCUT2D eigenvalue weighted by molar-refractivity contribution is -0.629. The largest absolute Gasteiger partial charge is 0.349 e. The van der Waals surface area contributed by atoms with Crippen LogP contribution in [0, 0.1) is 0 Å². The summed E-state index contributed by atoms with van der Waals surface area (Å²) in [4.78, 5) is 16.4. The van der Waals surface area contributed by atoms with Crippen LogP contribution < -0.4 is 4.57 Å². The predicted octanol–water partition coefficient (Wildman–Crippen LogP) is 4.64. The molecule has 2 aromatic heterocycles. The van der Waals surface area contributed by atoms with Gasteiger partial charge in [0.2, 0.25) is 23.4 Å². The summed E-state index contributed by atoms with van der Waals surface area (Å²) in [7, 11) is 0. The number of fused-ring (bicyclic) bond motifs is 4. The SMILES string of the molecule is O=C(C[n+]1c2ccccc2cc2[nH]c3ccccc3c21)c1ccccc1. The Morgan fingerprint density at radius 1 is 0.808 bits per heavy atom. The molecule has 3 nitrogen and oxygen atoms in total. The molecule has 0 aliphatic rings. The van der Waals surface area contributed by atoms with Gasteiger partial charge in [0.05, 0.1) is 10.9 Å². The normalized spacial score (nSPS) is 11.4. The van der Waals surface area contributed by atoms with Crippen LogP contribution in [-0.4, -0.2) is 10.8 Å². The zero-order valence-corrected chi connectivity index (χ0v) is 14.1. The van der Waals surface area contributed by atoms with Crippen molar-refractivity contribution in [3.8, 4) is 0 Å². The molecule has 0 saturated heterocycles. The molecule has 26 heavy (non-hydrogen) atoms. The summed E-state index contributed by atoms with van der Waals surface area (Å²) in [5.41, 5.74) is 5.00. The number of aromatic amines is 1. The first kappa shape index (κ1) is 14.8. The van der Waals surface area contributed by atoms with E-state index in [1.54, 1.807) is 0 Å². The topological polar surface area (TPSA) is 36.7 Å². The number of ketones is 1. The van der Waals surface area contributed by atoms with E-state index >= 15 is 0 Å². The molecule has 0 aliphatic heterocycles. The van der Waals surface area contributed by atoms with Gasteiger partial charge in [-0.25, -0.2) is 0 Å². The lowest BCUT2D eigenvalue weighted by atomic mass is 10.1. The molecule has 0 fully saturated rings. The number of carbonyl (C=O) groups is 1. The van der Waals surface area contributed by atoms with Crippen LogP contribution in [0.1, 0.15) is 10.4 Å². The van der Waals surface area contributed by atoms with Gasteiger partial charge in [-0.15, -0.1) is 0 Å². The van der Waals surface area contributed by atoms with Gasteiger partial charge in [-0.05, 0) is 24.3 Å². The molecular formula is C23H17N2O+. The van der Waals surface area contributed by atoms with Crippen LogP contribution >= 0.6 is 0 Å². The number of H-pyrrole nitrogens is 1. The quantitative estimate of drug-likeness (QED) is 0.378. The van der Waals surface area contributed by atoms with Crippen molar-refractivity contribution in [3.05, 3.63) is 90.5 Å². The minimum atomic E-state index is 0.110. The van der Waals surface area contributed by atoms with Gasteiger partial charge < -0.3 is 4.98 Å². The van der Waals surface area contributed by atoms with Crippen LogP contribution in [0.4, 0.5) is 0 Å². The summed E-state index contributed by atoms with van der Waals surface area (Å²) in [6.45, 7) is 0.309. The summed E-state index contributed by atoms with van der Waals surface area (Å²) in [5.74, 6) is 0.110. The first-order valence-corrected chi connectivity index (χ1v) is 8.71. The van der Waals surface area contributed by atoms with Crippen LogP contribution in [0.25, 0.3) is 32.8 Å². The van der Waals surface area contributed by atoms with Gasteiger partial charge in [-0.3, -0.25) is 4.79 Å². The second-order valence-corrected chi connectivity index (χ2v) is 6.51. The van der Waals surface area contributed by atoms with E-state index in [2.05, 4.69) is 39.9 Å². The van der Waals surface area contributed by atoms with Crippen LogP contribution in [0.5, 0.6) is 0 Å². The maximum atomic E-state index is 12.9. The van der Waals surface area contributed by atoms with E-state index < -0.39 is 0 Å². The number of Topliss-reactive ketones (excluding diaryl/α,β-unsaturated/α-hetero) is 1. The number of aromatic nitrogens is 2. The zero-order valence-electron chi connectivity index (χ0n) is 14.1. The molecule has 1 N–H and O–H groups in total. The lowest BCUT2D eigenvalue weighted by Crippen LogP contribution is -2.39. The summed E-state index contributed by atoms with van der Waals surface area (Å²) in [6, 6.07) is 28.1. The van der Waals surface area contributed by atoms with E-state index in [4.69, 9.17) is 0 Å². The van der Waals surface area contributed by atoms with Gasteiger partial charge in [-0.1, -0.05) is 54.6 Å². The minimum absolute atomic E-state index is 0.110. The average molecular weight is 337 g/mol. The highest BCUT2D eigenvalue weighted by molar-refractivity contribution is 6.06. The molecule has 0 atom stereocenters. The Labute approximate surface area is 150 Å². The van der Waals surface area contributed by atoms with Gasteiger partial charge in [0.1, 0.15) is 5.52 Å². The number of hydrogen-bond acceptors (Lipinski definition) is 1. The molecule has 5 aromatic rings. The Kier molecular flexibility index (Phi) is 3.32. The van der Waals surface area contributed by atoms with Crippen molar-refractivity contribution in [2.75, 3.05) is 0 Å². The van der Waals surface area contributed by atoms with Crippen molar-refractivity contribution in [1.82, 2.24) is 4.98 Å². The van der Waals surface area contributed by atoms with E-state index in [0.29, 0.717) is 6.54 Å². The van der Waals surface area contributed by atoms with E-state index in [-0.39, 0.29) is 5.78 Å². The lowest BCUT2D eigenvalue weighted by Gasteiger charge is -2.04. The zero-order chi connectivity index (χ0) is 17.5. The highest BCUT2D eigenvalue weighted by Crippen LogP contribution is 2.25. The Morgan fingerprint density at radius 2 is 1.54 bits per heavy atom. The summed E-state index contributed by atoms with van der Waals surface area (Å²) >= 11 is 0. The highest BCUT2D eigenvalue weighted by Gasteiger charge is 2.22. The van der Waals surface area contributed by atoms with Crippen LogP contribution in [0.15, 0.2) is 84.9 Å². The molecule has 5 rings (SSSR count). The van der Waals surface area contributed by atoms with Gasteiger partial charge in [0.25, 0.3) is 0 Å². The molecule has 0 amide bonds. The number of carbonyl (C=O) groups excluding carboxylic acids is 1. The fourth-order valence-corrected chi connectivity index (χ4v) is 3.70. The third kappa shape index (κ3) is 2.29. The number of nitrogens with one attached hydrogen (secondary N) is 1. The van der Waals surface area contributed by atoms with E-state index in [1.165, 1.54) is 0 Å². The molecule has 0 spiro atoms.